The van der Waals surface area contributed by atoms with Crippen LogP contribution in [0, 0.1) is 11.3 Å². The summed E-state index contributed by atoms with van der Waals surface area (Å²) in [6.07, 6.45) is 7.26. The summed E-state index contributed by atoms with van der Waals surface area (Å²) in [5, 5.41) is 3.58. The average Bonchev–Trinajstić information content (AvgIpc) is 2.94. The zero-order chi connectivity index (χ0) is 11.9. The summed E-state index contributed by atoms with van der Waals surface area (Å²) in [6.45, 7) is 5.28. The highest BCUT2D eigenvalue weighted by Crippen LogP contribution is 2.40. The van der Waals surface area contributed by atoms with Crippen molar-refractivity contribution in [2.45, 2.75) is 51.5 Å². The Labute approximate surface area is 104 Å². The maximum atomic E-state index is 12.6. The molecule has 3 heteroatoms. The molecule has 0 unspecified atom stereocenters. The highest BCUT2D eigenvalue weighted by atomic mass is 16.2. The number of carbonyl (C=O) groups is 1. The Hall–Kier alpha value is -0.570. The Morgan fingerprint density at radius 3 is 2.71 bits per heavy atom. The van der Waals surface area contributed by atoms with Crippen molar-refractivity contribution in [2.24, 2.45) is 11.3 Å². The van der Waals surface area contributed by atoms with Crippen LogP contribution in [0.3, 0.4) is 0 Å². The van der Waals surface area contributed by atoms with E-state index >= 15 is 0 Å². The van der Waals surface area contributed by atoms with E-state index < -0.39 is 0 Å². The minimum atomic E-state index is -0.0342. The summed E-state index contributed by atoms with van der Waals surface area (Å²) in [6, 6.07) is 0.581. The molecule has 2 saturated heterocycles. The summed E-state index contributed by atoms with van der Waals surface area (Å²) < 4.78 is 0. The molecular weight excluding hydrogens is 212 g/mol. The molecule has 0 aromatic carbocycles. The molecule has 17 heavy (non-hydrogen) atoms. The third-order valence-electron chi connectivity index (χ3n) is 5.11. The van der Waals surface area contributed by atoms with Crippen molar-refractivity contribution in [1.29, 1.82) is 0 Å². The molecule has 3 fully saturated rings. The van der Waals surface area contributed by atoms with E-state index in [2.05, 4.69) is 17.1 Å². The molecule has 0 radical (unpaired) electrons. The molecule has 0 aromatic heterocycles. The Morgan fingerprint density at radius 1 is 1.24 bits per heavy atom. The molecular formula is C14H24N2O. The molecule has 96 valence electrons. The van der Waals surface area contributed by atoms with Gasteiger partial charge in [-0.25, -0.2) is 0 Å². The second-order valence-corrected chi connectivity index (χ2v) is 6.44. The van der Waals surface area contributed by atoms with Gasteiger partial charge in [-0.1, -0.05) is 19.8 Å². The number of likely N-dealkylation sites (tertiary alicyclic amines) is 1. The number of fused-ring (bicyclic) bond motifs is 1. The number of nitrogens with one attached hydrogen (secondary N) is 1. The third kappa shape index (κ3) is 1.99. The van der Waals surface area contributed by atoms with Crippen LogP contribution >= 0.6 is 0 Å². The van der Waals surface area contributed by atoms with Crippen LogP contribution in [0.4, 0.5) is 0 Å². The van der Waals surface area contributed by atoms with E-state index in [9.17, 15) is 4.79 Å². The maximum absolute atomic E-state index is 12.6. The molecule has 1 amide bonds. The summed E-state index contributed by atoms with van der Waals surface area (Å²) in [5.74, 6) is 1.16. The monoisotopic (exact) mass is 236 g/mol. The minimum absolute atomic E-state index is 0.0342. The van der Waals surface area contributed by atoms with Crippen LogP contribution in [0.2, 0.25) is 0 Å². The summed E-state index contributed by atoms with van der Waals surface area (Å²) >= 11 is 0. The number of rotatable bonds is 1. The van der Waals surface area contributed by atoms with Crippen molar-refractivity contribution in [2.75, 3.05) is 19.6 Å². The predicted octanol–water partition coefficient (Wildman–Crippen LogP) is 1.78. The number of amides is 1. The van der Waals surface area contributed by atoms with Gasteiger partial charge in [-0.2, -0.15) is 0 Å². The lowest BCUT2D eigenvalue weighted by Gasteiger charge is -2.28. The first kappa shape index (κ1) is 11.5. The molecule has 3 aliphatic rings. The lowest BCUT2D eigenvalue weighted by Crippen LogP contribution is -2.43. The number of piperidine rings is 1. The Bertz CT molecular complexity index is 295. The first-order valence-corrected chi connectivity index (χ1v) is 7.22. The Balaban J connectivity index is 1.67. The van der Waals surface area contributed by atoms with Crippen molar-refractivity contribution >= 4 is 5.91 Å². The van der Waals surface area contributed by atoms with Gasteiger partial charge in [0.2, 0.25) is 5.91 Å². The zero-order valence-electron chi connectivity index (χ0n) is 10.9. The largest absolute Gasteiger partial charge is 0.340 e. The number of nitrogens with zero attached hydrogens (tertiary/aromatic N) is 1. The lowest BCUT2D eigenvalue weighted by atomic mass is 9.87. The van der Waals surface area contributed by atoms with Gasteiger partial charge in [-0.05, 0) is 38.1 Å². The quantitative estimate of drug-likeness (QED) is 0.752. The second kappa shape index (κ2) is 4.27. The fraction of sp³-hybridized carbons (Fsp3) is 0.929. The van der Waals surface area contributed by atoms with Crippen LogP contribution in [-0.2, 0) is 4.79 Å². The molecule has 1 N–H and O–H groups in total. The van der Waals surface area contributed by atoms with Gasteiger partial charge in [-0.15, -0.1) is 0 Å². The topological polar surface area (TPSA) is 32.3 Å². The first-order chi connectivity index (χ1) is 8.19. The number of hydrogen-bond donors (Lipinski definition) is 1. The molecule has 2 aliphatic heterocycles. The van der Waals surface area contributed by atoms with Gasteiger partial charge in [0, 0.05) is 24.5 Å². The van der Waals surface area contributed by atoms with Crippen LogP contribution < -0.4 is 5.32 Å². The molecule has 1 saturated carbocycles. The Kier molecular flexibility index (Phi) is 2.89. The lowest BCUT2D eigenvalue weighted by molar-refractivity contribution is -0.140. The van der Waals surface area contributed by atoms with Gasteiger partial charge < -0.3 is 10.2 Å². The number of hydrogen-bond acceptors (Lipinski definition) is 2. The summed E-state index contributed by atoms with van der Waals surface area (Å²) in [4.78, 5) is 14.8. The SMILES string of the molecule is CC1(C(=O)N2C[C@@H]3CCCN[C@@H]3C2)CCCC1. The van der Waals surface area contributed by atoms with E-state index in [0.29, 0.717) is 11.9 Å². The second-order valence-electron chi connectivity index (χ2n) is 6.44. The van der Waals surface area contributed by atoms with Crippen LogP contribution in [0.1, 0.15) is 45.4 Å². The highest BCUT2D eigenvalue weighted by molar-refractivity contribution is 5.83. The Morgan fingerprint density at radius 2 is 2.00 bits per heavy atom. The van der Waals surface area contributed by atoms with Gasteiger partial charge in [-0.3, -0.25) is 4.79 Å². The van der Waals surface area contributed by atoms with E-state index in [1.165, 1.54) is 25.7 Å². The molecule has 0 aromatic rings. The number of carbonyl (C=O) groups excluding carboxylic acids is 1. The van der Waals surface area contributed by atoms with Crippen molar-refractivity contribution in [3.8, 4) is 0 Å². The van der Waals surface area contributed by atoms with Gasteiger partial charge in [0.25, 0.3) is 0 Å². The van der Waals surface area contributed by atoms with Crippen LogP contribution in [0.25, 0.3) is 0 Å². The molecule has 0 spiro atoms. The summed E-state index contributed by atoms with van der Waals surface area (Å²) in [5.41, 5.74) is -0.0342. The summed E-state index contributed by atoms with van der Waals surface area (Å²) in [7, 11) is 0. The maximum Gasteiger partial charge on any atom is 0.228 e. The predicted molar refractivity (Wildman–Crippen MR) is 67.7 cm³/mol. The van der Waals surface area contributed by atoms with Gasteiger partial charge in [0.1, 0.15) is 0 Å². The van der Waals surface area contributed by atoms with Crippen LogP contribution in [-0.4, -0.2) is 36.5 Å². The van der Waals surface area contributed by atoms with E-state index in [1.54, 1.807) is 0 Å². The van der Waals surface area contributed by atoms with Crippen molar-refractivity contribution in [3.63, 3.8) is 0 Å². The fourth-order valence-corrected chi connectivity index (χ4v) is 3.96. The standard InChI is InChI=1S/C14H24N2O/c1-14(6-2-3-7-14)13(17)16-9-11-5-4-8-15-12(11)10-16/h11-12,15H,2-10H2,1H3/t11-,12+/m0/s1. The third-order valence-corrected chi connectivity index (χ3v) is 5.11. The van der Waals surface area contributed by atoms with E-state index in [-0.39, 0.29) is 5.41 Å². The van der Waals surface area contributed by atoms with Crippen molar-refractivity contribution in [3.05, 3.63) is 0 Å². The molecule has 3 rings (SSSR count). The van der Waals surface area contributed by atoms with E-state index in [0.717, 1.165) is 38.4 Å². The zero-order valence-corrected chi connectivity index (χ0v) is 10.9. The molecule has 3 nitrogen and oxygen atoms in total. The highest BCUT2D eigenvalue weighted by Gasteiger charge is 2.44. The van der Waals surface area contributed by atoms with Gasteiger partial charge in [0.15, 0.2) is 0 Å². The average molecular weight is 236 g/mol. The minimum Gasteiger partial charge on any atom is -0.340 e. The first-order valence-electron chi connectivity index (χ1n) is 7.22. The van der Waals surface area contributed by atoms with Gasteiger partial charge >= 0.3 is 0 Å². The van der Waals surface area contributed by atoms with E-state index in [1.807, 2.05) is 0 Å². The fourth-order valence-electron chi connectivity index (χ4n) is 3.96. The molecule has 2 heterocycles. The van der Waals surface area contributed by atoms with Crippen LogP contribution in [0.5, 0.6) is 0 Å². The molecule has 2 atom stereocenters. The van der Waals surface area contributed by atoms with Crippen molar-refractivity contribution in [1.82, 2.24) is 10.2 Å². The van der Waals surface area contributed by atoms with Gasteiger partial charge in [0.05, 0.1) is 0 Å². The molecule has 1 aliphatic carbocycles. The van der Waals surface area contributed by atoms with Crippen molar-refractivity contribution < 1.29 is 4.79 Å². The van der Waals surface area contributed by atoms with Crippen LogP contribution in [0.15, 0.2) is 0 Å². The molecule has 0 bridgehead atoms. The smallest absolute Gasteiger partial charge is 0.228 e. The van der Waals surface area contributed by atoms with E-state index in [4.69, 9.17) is 0 Å². The normalized spacial score (nSPS) is 35.9.